The average Bonchev–Trinajstić information content (AvgIpc) is 2.34. The Morgan fingerprint density at radius 3 is 2.05 bits per heavy atom. The van der Waals surface area contributed by atoms with Crippen molar-refractivity contribution in [2.45, 2.75) is 32.3 Å². The van der Waals surface area contributed by atoms with Gasteiger partial charge in [-0.2, -0.15) is 0 Å². The summed E-state index contributed by atoms with van der Waals surface area (Å²) in [6.07, 6.45) is -1.64. The lowest BCUT2D eigenvalue weighted by molar-refractivity contribution is -0.147. The summed E-state index contributed by atoms with van der Waals surface area (Å²) < 4.78 is 10.5. The number of aliphatic carboxylic acids is 1. The number of ether oxygens (including phenoxy) is 2. The zero-order chi connectivity index (χ0) is 14.8. The molecule has 106 valence electrons. The molecule has 0 spiro atoms. The third kappa shape index (κ3) is 3.17. The van der Waals surface area contributed by atoms with Gasteiger partial charge >= 0.3 is 5.97 Å². The van der Waals surface area contributed by atoms with Crippen LogP contribution in [0.3, 0.4) is 0 Å². The van der Waals surface area contributed by atoms with Crippen molar-refractivity contribution in [1.82, 2.24) is 0 Å². The smallest absolute Gasteiger partial charge is 0.337 e. The van der Waals surface area contributed by atoms with Gasteiger partial charge in [0.25, 0.3) is 0 Å². The first-order chi connectivity index (χ1) is 8.72. The van der Waals surface area contributed by atoms with E-state index in [9.17, 15) is 9.90 Å². The number of carboxylic acids is 1. The number of carboxylic acid groups (broad SMARTS) is 1. The van der Waals surface area contributed by atoms with Gasteiger partial charge in [0.05, 0.1) is 14.2 Å². The third-order valence-electron chi connectivity index (χ3n) is 2.89. The van der Waals surface area contributed by atoms with Crippen molar-refractivity contribution in [1.29, 1.82) is 0 Å². The van der Waals surface area contributed by atoms with E-state index in [2.05, 4.69) is 0 Å². The lowest BCUT2D eigenvalue weighted by atomic mass is 9.85. The highest BCUT2D eigenvalue weighted by atomic mass is 16.5. The number of rotatable bonds is 4. The molecule has 0 aromatic heterocycles. The SMILES string of the molecule is COc1cc(C(C)(C)C)c(OC)cc1C(O)C(=O)O. The Morgan fingerprint density at radius 2 is 1.68 bits per heavy atom. The van der Waals surface area contributed by atoms with E-state index in [1.165, 1.54) is 20.3 Å². The quantitative estimate of drug-likeness (QED) is 0.874. The van der Waals surface area contributed by atoms with Crippen LogP contribution in [-0.2, 0) is 10.2 Å². The zero-order valence-corrected chi connectivity index (χ0v) is 11.9. The summed E-state index contributed by atoms with van der Waals surface area (Å²) in [5.74, 6) is -0.465. The second-order valence-corrected chi connectivity index (χ2v) is 5.29. The van der Waals surface area contributed by atoms with Crippen LogP contribution in [0.4, 0.5) is 0 Å². The van der Waals surface area contributed by atoms with Gasteiger partial charge in [-0.3, -0.25) is 0 Å². The van der Waals surface area contributed by atoms with E-state index in [0.717, 1.165) is 5.56 Å². The van der Waals surface area contributed by atoms with E-state index in [4.69, 9.17) is 14.6 Å². The second-order valence-electron chi connectivity index (χ2n) is 5.29. The summed E-state index contributed by atoms with van der Waals surface area (Å²) in [6.45, 7) is 6.03. The van der Waals surface area contributed by atoms with Gasteiger partial charge < -0.3 is 19.7 Å². The highest BCUT2D eigenvalue weighted by molar-refractivity contribution is 5.75. The first-order valence-electron chi connectivity index (χ1n) is 5.89. The molecule has 0 saturated carbocycles. The van der Waals surface area contributed by atoms with Gasteiger partial charge in [-0.1, -0.05) is 20.8 Å². The Kier molecular flexibility index (Phi) is 4.42. The van der Waals surface area contributed by atoms with Gasteiger partial charge in [0.1, 0.15) is 11.5 Å². The topological polar surface area (TPSA) is 76.0 Å². The van der Waals surface area contributed by atoms with Crippen molar-refractivity contribution in [3.63, 3.8) is 0 Å². The number of methoxy groups -OCH3 is 2. The predicted molar refractivity (Wildman–Crippen MR) is 70.8 cm³/mol. The average molecular weight is 268 g/mol. The Labute approximate surface area is 112 Å². The monoisotopic (exact) mass is 268 g/mol. The van der Waals surface area contributed by atoms with Gasteiger partial charge in [0.15, 0.2) is 6.10 Å². The molecule has 0 aliphatic heterocycles. The van der Waals surface area contributed by atoms with Crippen LogP contribution >= 0.6 is 0 Å². The molecule has 5 nitrogen and oxygen atoms in total. The van der Waals surface area contributed by atoms with Crippen molar-refractivity contribution in [2.24, 2.45) is 0 Å². The third-order valence-corrected chi connectivity index (χ3v) is 2.89. The van der Waals surface area contributed by atoms with Crippen LogP contribution in [0.15, 0.2) is 12.1 Å². The Bertz CT molecular complexity index is 473. The molecule has 0 aliphatic carbocycles. The second kappa shape index (κ2) is 5.48. The molecule has 1 atom stereocenters. The predicted octanol–water partition coefficient (Wildman–Crippen LogP) is 2.12. The number of benzene rings is 1. The lowest BCUT2D eigenvalue weighted by Gasteiger charge is -2.24. The zero-order valence-electron chi connectivity index (χ0n) is 11.9. The molecule has 1 aromatic rings. The van der Waals surface area contributed by atoms with Crippen LogP contribution in [0.2, 0.25) is 0 Å². The van der Waals surface area contributed by atoms with Crippen molar-refractivity contribution < 1.29 is 24.5 Å². The molecule has 0 radical (unpaired) electrons. The summed E-state index contributed by atoms with van der Waals surface area (Å²) in [7, 11) is 2.94. The molecule has 1 unspecified atom stereocenters. The first kappa shape index (κ1) is 15.3. The minimum absolute atomic E-state index is 0.180. The Morgan fingerprint density at radius 1 is 1.16 bits per heavy atom. The van der Waals surface area contributed by atoms with Crippen LogP contribution in [-0.4, -0.2) is 30.4 Å². The largest absolute Gasteiger partial charge is 0.496 e. The van der Waals surface area contributed by atoms with Crippen LogP contribution < -0.4 is 9.47 Å². The molecular formula is C14H20O5. The fourth-order valence-electron chi connectivity index (χ4n) is 1.85. The molecule has 0 fully saturated rings. The fourth-order valence-corrected chi connectivity index (χ4v) is 1.85. The van der Waals surface area contributed by atoms with Crippen LogP contribution in [0.25, 0.3) is 0 Å². The lowest BCUT2D eigenvalue weighted by Crippen LogP contribution is -2.16. The number of aliphatic hydroxyl groups excluding tert-OH is 1. The summed E-state index contributed by atoms with van der Waals surface area (Å²) in [4.78, 5) is 10.9. The highest BCUT2D eigenvalue weighted by Crippen LogP contribution is 2.38. The van der Waals surface area contributed by atoms with E-state index in [-0.39, 0.29) is 11.0 Å². The summed E-state index contributed by atoms with van der Waals surface area (Å²) in [6, 6.07) is 3.22. The Balaban J connectivity index is 3.48. The molecule has 0 heterocycles. The Hall–Kier alpha value is -1.75. The van der Waals surface area contributed by atoms with Crippen molar-refractivity contribution in [3.8, 4) is 11.5 Å². The van der Waals surface area contributed by atoms with E-state index >= 15 is 0 Å². The molecule has 0 aliphatic rings. The fraction of sp³-hybridized carbons (Fsp3) is 0.500. The molecular weight excluding hydrogens is 248 g/mol. The number of hydrogen-bond donors (Lipinski definition) is 2. The molecule has 0 saturated heterocycles. The number of aliphatic hydroxyl groups is 1. The van der Waals surface area contributed by atoms with Crippen molar-refractivity contribution in [3.05, 3.63) is 23.3 Å². The summed E-state index contributed by atoms with van der Waals surface area (Å²) in [5.41, 5.74) is 0.874. The molecule has 19 heavy (non-hydrogen) atoms. The van der Waals surface area contributed by atoms with Crippen LogP contribution in [0, 0.1) is 0 Å². The molecule has 2 N–H and O–H groups in total. The van der Waals surface area contributed by atoms with E-state index < -0.39 is 12.1 Å². The van der Waals surface area contributed by atoms with Crippen LogP contribution in [0.1, 0.15) is 38.0 Å². The van der Waals surface area contributed by atoms with Gasteiger partial charge in [-0.15, -0.1) is 0 Å². The highest BCUT2D eigenvalue weighted by Gasteiger charge is 2.26. The number of carbonyl (C=O) groups is 1. The van der Waals surface area contributed by atoms with Crippen LogP contribution in [0.5, 0.6) is 11.5 Å². The van der Waals surface area contributed by atoms with E-state index in [1.54, 1.807) is 6.07 Å². The first-order valence-corrected chi connectivity index (χ1v) is 5.89. The van der Waals surface area contributed by atoms with Gasteiger partial charge in [-0.25, -0.2) is 4.79 Å². The molecule has 1 aromatic carbocycles. The standard InChI is InChI=1S/C14H20O5/c1-14(2,3)9-7-10(18-4)8(6-11(9)19-5)12(15)13(16)17/h6-7,12,15H,1-5H3,(H,16,17). The molecule has 0 amide bonds. The normalized spacial score (nSPS) is 12.9. The molecule has 1 rings (SSSR count). The van der Waals surface area contributed by atoms with Gasteiger partial charge in [0.2, 0.25) is 0 Å². The summed E-state index contributed by atoms with van der Waals surface area (Å²) in [5, 5.41) is 18.6. The summed E-state index contributed by atoms with van der Waals surface area (Å²) >= 11 is 0. The maximum atomic E-state index is 10.9. The minimum Gasteiger partial charge on any atom is -0.496 e. The van der Waals surface area contributed by atoms with Gasteiger partial charge in [-0.05, 0) is 17.5 Å². The molecule has 5 heteroatoms. The maximum Gasteiger partial charge on any atom is 0.337 e. The van der Waals surface area contributed by atoms with Crippen molar-refractivity contribution >= 4 is 5.97 Å². The van der Waals surface area contributed by atoms with E-state index in [0.29, 0.717) is 11.5 Å². The van der Waals surface area contributed by atoms with Crippen molar-refractivity contribution in [2.75, 3.05) is 14.2 Å². The maximum absolute atomic E-state index is 10.9. The molecule has 0 bridgehead atoms. The van der Waals surface area contributed by atoms with Gasteiger partial charge in [0, 0.05) is 11.1 Å². The van der Waals surface area contributed by atoms with E-state index in [1.807, 2.05) is 20.8 Å². The number of hydrogen-bond acceptors (Lipinski definition) is 4. The minimum atomic E-state index is -1.64.